The second kappa shape index (κ2) is 10.3. The third-order valence-electron chi connectivity index (χ3n) is 9.43. The van der Waals surface area contributed by atoms with Gasteiger partial charge in [0.1, 0.15) is 11.2 Å². The zero-order valence-electron chi connectivity index (χ0n) is 25.0. The highest BCUT2D eigenvalue weighted by molar-refractivity contribution is 6.15. The van der Waals surface area contributed by atoms with Crippen molar-refractivity contribution in [2.24, 2.45) is 5.73 Å². The van der Waals surface area contributed by atoms with E-state index in [9.17, 15) is 0 Å². The Morgan fingerprint density at radius 2 is 1.36 bits per heavy atom. The molecule has 0 atom stereocenters. The van der Waals surface area contributed by atoms with Crippen molar-refractivity contribution in [3.63, 3.8) is 0 Å². The molecular formula is C42H32N2O. The van der Waals surface area contributed by atoms with Crippen LogP contribution in [0.4, 0.5) is 0 Å². The third kappa shape index (κ3) is 4.12. The molecule has 0 unspecified atom stereocenters. The van der Waals surface area contributed by atoms with E-state index in [1.165, 1.54) is 38.5 Å². The molecule has 2 aliphatic carbocycles. The monoisotopic (exact) mass is 580 g/mol. The second-order valence-electron chi connectivity index (χ2n) is 12.1. The van der Waals surface area contributed by atoms with Crippen molar-refractivity contribution in [2.75, 3.05) is 0 Å². The molecule has 2 heterocycles. The van der Waals surface area contributed by atoms with Crippen LogP contribution in [0.15, 0.2) is 144 Å². The van der Waals surface area contributed by atoms with Gasteiger partial charge in [0.15, 0.2) is 0 Å². The van der Waals surface area contributed by atoms with Gasteiger partial charge >= 0.3 is 0 Å². The summed E-state index contributed by atoms with van der Waals surface area (Å²) in [5, 5.41) is 4.77. The summed E-state index contributed by atoms with van der Waals surface area (Å²) < 4.78 is 8.94. The first-order chi connectivity index (χ1) is 22.2. The Balaban J connectivity index is 1.18. The van der Waals surface area contributed by atoms with E-state index >= 15 is 0 Å². The van der Waals surface area contributed by atoms with Gasteiger partial charge in [-0.15, -0.1) is 0 Å². The van der Waals surface area contributed by atoms with Crippen molar-refractivity contribution in [1.82, 2.24) is 4.57 Å². The molecule has 216 valence electrons. The highest BCUT2D eigenvalue weighted by atomic mass is 16.3. The molecule has 0 saturated heterocycles. The summed E-state index contributed by atoms with van der Waals surface area (Å²) in [4.78, 5) is 0. The maximum atomic E-state index is 6.91. The van der Waals surface area contributed by atoms with Gasteiger partial charge in [0.05, 0.1) is 16.7 Å². The minimum Gasteiger partial charge on any atom is -0.455 e. The molecule has 0 saturated carbocycles. The van der Waals surface area contributed by atoms with Crippen LogP contribution in [0.25, 0.3) is 71.7 Å². The van der Waals surface area contributed by atoms with Crippen LogP contribution < -0.4 is 5.73 Å². The maximum absolute atomic E-state index is 6.91. The minimum absolute atomic E-state index is 0.840. The Bertz CT molecular complexity index is 2390. The van der Waals surface area contributed by atoms with E-state index in [0.717, 1.165) is 75.7 Å². The first-order valence-electron chi connectivity index (χ1n) is 15.9. The minimum atomic E-state index is 0.840. The van der Waals surface area contributed by atoms with Crippen molar-refractivity contribution >= 4 is 60.6 Å². The summed E-state index contributed by atoms with van der Waals surface area (Å²) in [7, 11) is 0. The van der Waals surface area contributed by atoms with Crippen LogP contribution in [0.2, 0.25) is 0 Å². The molecule has 3 nitrogen and oxygen atoms in total. The fourth-order valence-electron chi connectivity index (χ4n) is 7.33. The fraction of sp³-hybridized carbons (Fsp3) is 0.0952. The molecule has 0 bridgehead atoms. The molecule has 7 aromatic rings. The van der Waals surface area contributed by atoms with E-state index in [4.69, 9.17) is 10.2 Å². The molecular weight excluding hydrogens is 548 g/mol. The van der Waals surface area contributed by atoms with E-state index in [-0.39, 0.29) is 0 Å². The second-order valence-corrected chi connectivity index (χ2v) is 12.1. The first-order valence-corrected chi connectivity index (χ1v) is 15.9. The lowest BCUT2D eigenvalue weighted by Crippen LogP contribution is -2.12. The summed E-state index contributed by atoms with van der Waals surface area (Å²) in [6, 6.07) is 39.2. The molecule has 9 rings (SSSR count). The number of fused-ring (bicyclic) bond motifs is 6. The lowest BCUT2D eigenvalue weighted by molar-refractivity contribution is 0.670. The summed E-state index contributed by atoms with van der Waals surface area (Å²) in [6.07, 6.45) is 13.1. The number of allylic oxidation sites excluding steroid dienone is 8. The number of furan rings is 1. The fourth-order valence-corrected chi connectivity index (χ4v) is 7.33. The zero-order chi connectivity index (χ0) is 29.9. The Morgan fingerprint density at radius 1 is 0.600 bits per heavy atom. The van der Waals surface area contributed by atoms with Crippen molar-refractivity contribution in [3.8, 4) is 11.1 Å². The van der Waals surface area contributed by atoms with Crippen LogP contribution in [0, 0.1) is 0 Å². The Hall–Kier alpha value is -5.54. The van der Waals surface area contributed by atoms with Crippen LogP contribution in [0.5, 0.6) is 0 Å². The number of aromatic nitrogens is 1. The highest BCUT2D eigenvalue weighted by Gasteiger charge is 2.23. The summed E-state index contributed by atoms with van der Waals surface area (Å²) >= 11 is 0. The third-order valence-corrected chi connectivity index (χ3v) is 9.43. The number of hydrogen-bond donors (Lipinski definition) is 1. The molecule has 0 fully saturated rings. The first kappa shape index (κ1) is 25.9. The molecule has 45 heavy (non-hydrogen) atoms. The van der Waals surface area contributed by atoms with Gasteiger partial charge in [-0.05, 0) is 78.3 Å². The van der Waals surface area contributed by atoms with Gasteiger partial charge < -0.3 is 14.7 Å². The molecule has 3 heteroatoms. The Labute approximate surface area is 261 Å². The highest BCUT2D eigenvalue weighted by Crippen LogP contribution is 2.42. The molecule has 0 amide bonds. The Kier molecular flexibility index (Phi) is 5.92. The van der Waals surface area contributed by atoms with E-state index in [1.807, 2.05) is 0 Å². The van der Waals surface area contributed by atoms with Gasteiger partial charge in [-0.1, -0.05) is 103 Å². The number of nitrogens with zero attached hydrogens (tertiary/aromatic N) is 1. The number of hydrogen-bond acceptors (Lipinski definition) is 2. The van der Waals surface area contributed by atoms with Gasteiger partial charge in [-0.3, -0.25) is 0 Å². The number of para-hydroxylation sites is 3. The van der Waals surface area contributed by atoms with Crippen molar-refractivity contribution in [1.29, 1.82) is 0 Å². The summed E-state index contributed by atoms with van der Waals surface area (Å²) in [6.45, 7) is 0. The quantitative estimate of drug-likeness (QED) is 0.225. The van der Waals surface area contributed by atoms with Crippen LogP contribution in [-0.2, 0) is 0 Å². The Morgan fingerprint density at radius 3 is 2.16 bits per heavy atom. The lowest BCUT2D eigenvalue weighted by Gasteiger charge is -2.23. The molecule has 2 N–H and O–H groups in total. The molecule has 2 aliphatic rings. The van der Waals surface area contributed by atoms with E-state index in [0.29, 0.717) is 0 Å². The standard InChI is InChI=1S/C42H32N2O/c43-37-20-10-17-31(41(37)44-38-21-6-4-15-33(38)34-16-5-7-22-39(34)44)29-13-8-14-30(25-29)32-18-9-19-35-36-26-28(27-11-2-1-3-12-27)23-24-40(36)45-42(32)35/h2,4-9,11-19,21-26H,1,3,10,20,43H2. The molecule has 2 aromatic heterocycles. The topological polar surface area (TPSA) is 44.1 Å². The lowest BCUT2D eigenvalue weighted by atomic mass is 9.91. The van der Waals surface area contributed by atoms with Crippen LogP contribution in [0.3, 0.4) is 0 Å². The summed E-state index contributed by atoms with van der Waals surface area (Å²) in [5.41, 5.74) is 20.1. The number of rotatable bonds is 4. The van der Waals surface area contributed by atoms with Crippen LogP contribution in [0.1, 0.15) is 36.8 Å². The molecule has 0 aliphatic heterocycles. The average molecular weight is 581 g/mol. The van der Waals surface area contributed by atoms with Gasteiger partial charge in [0, 0.05) is 38.4 Å². The number of benzene rings is 5. The van der Waals surface area contributed by atoms with E-state index < -0.39 is 0 Å². The smallest absolute Gasteiger partial charge is 0.143 e. The SMILES string of the molecule is NC1=C(n2c3ccccc3c3ccccc32)C(c2cccc(-c3cccc4c3oc3ccc(C5=CCCC=C5)cc34)c2)=CCC1. The predicted octanol–water partition coefficient (Wildman–Crippen LogP) is 11.1. The van der Waals surface area contributed by atoms with Crippen molar-refractivity contribution in [2.45, 2.75) is 25.7 Å². The van der Waals surface area contributed by atoms with E-state index in [2.05, 4.69) is 138 Å². The predicted molar refractivity (Wildman–Crippen MR) is 190 cm³/mol. The van der Waals surface area contributed by atoms with Crippen LogP contribution in [-0.4, -0.2) is 4.57 Å². The normalized spacial score (nSPS) is 15.4. The molecule has 5 aromatic carbocycles. The van der Waals surface area contributed by atoms with Gasteiger partial charge in [0.2, 0.25) is 0 Å². The van der Waals surface area contributed by atoms with Crippen molar-refractivity contribution < 1.29 is 4.42 Å². The van der Waals surface area contributed by atoms with Crippen LogP contribution >= 0.6 is 0 Å². The zero-order valence-corrected chi connectivity index (χ0v) is 25.0. The van der Waals surface area contributed by atoms with Gasteiger partial charge in [-0.2, -0.15) is 0 Å². The van der Waals surface area contributed by atoms with E-state index in [1.54, 1.807) is 0 Å². The molecule has 0 spiro atoms. The summed E-state index contributed by atoms with van der Waals surface area (Å²) in [5.74, 6) is 0. The number of nitrogens with two attached hydrogens (primary N) is 1. The maximum Gasteiger partial charge on any atom is 0.143 e. The van der Waals surface area contributed by atoms with Gasteiger partial charge in [0.25, 0.3) is 0 Å². The molecule has 0 radical (unpaired) electrons. The largest absolute Gasteiger partial charge is 0.455 e. The average Bonchev–Trinajstić information content (AvgIpc) is 3.64. The van der Waals surface area contributed by atoms with Gasteiger partial charge in [-0.25, -0.2) is 0 Å². The van der Waals surface area contributed by atoms with Crippen molar-refractivity contribution in [3.05, 3.63) is 150 Å².